The molecule has 0 aliphatic heterocycles. The van der Waals surface area contributed by atoms with E-state index in [9.17, 15) is 18.0 Å². The van der Waals surface area contributed by atoms with Crippen LogP contribution >= 0.6 is 11.3 Å². The van der Waals surface area contributed by atoms with E-state index in [-0.39, 0.29) is 24.0 Å². The number of amides is 1. The van der Waals surface area contributed by atoms with Gasteiger partial charge in [0, 0.05) is 17.5 Å². The van der Waals surface area contributed by atoms with Crippen molar-refractivity contribution in [3.63, 3.8) is 0 Å². The second-order valence-corrected chi connectivity index (χ2v) is 7.15. The summed E-state index contributed by atoms with van der Waals surface area (Å²) < 4.78 is 41.7. The van der Waals surface area contributed by atoms with Gasteiger partial charge in [-0.05, 0) is 49.0 Å². The van der Waals surface area contributed by atoms with Crippen molar-refractivity contribution < 1.29 is 22.7 Å². The highest BCUT2D eigenvalue weighted by Gasteiger charge is 2.11. The lowest BCUT2D eigenvalue weighted by atomic mass is 10.2. The molecular formula is C20H18F3N3O2S. The third kappa shape index (κ3) is 6.30. The molecule has 9 heteroatoms. The first-order chi connectivity index (χ1) is 13.9. The molecule has 0 bridgehead atoms. The summed E-state index contributed by atoms with van der Waals surface area (Å²) in [6.07, 6.45) is 0. The first-order valence-electron chi connectivity index (χ1n) is 8.62. The van der Waals surface area contributed by atoms with Gasteiger partial charge in [-0.25, -0.2) is 9.37 Å². The van der Waals surface area contributed by atoms with E-state index in [0.29, 0.717) is 17.4 Å². The Morgan fingerprint density at radius 2 is 1.86 bits per heavy atom. The number of thiazole rings is 1. The topological polar surface area (TPSA) is 54.5 Å². The minimum absolute atomic E-state index is 0.0878. The maximum Gasteiger partial charge on any atom is 0.387 e. The highest BCUT2D eigenvalue weighted by atomic mass is 32.1. The molecule has 3 rings (SSSR count). The van der Waals surface area contributed by atoms with Crippen LogP contribution in [0.5, 0.6) is 5.75 Å². The molecule has 0 aliphatic carbocycles. The van der Waals surface area contributed by atoms with Crippen LogP contribution in [0.1, 0.15) is 5.56 Å². The summed E-state index contributed by atoms with van der Waals surface area (Å²) in [6, 6.07) is 12.2. The number of nitrogens with one attached hydrogen (secondary N) is 1. The van der Waals surface area contributed by atoms with Gasteiger partial charge >= 0.3 is 6.61 Å². The van der Waals surface area contributed by atoms with Gasteiger partial charge in [-0.2, -0.15) is 8.78 Å². The summed E-state index contributed by atoms with van der Waals surface area (Å²) in [5.41, 5.74) is 2.28. The van der Waals surface area contributed by atoms with E-state index in [1.54, 1.807) is 41.6 Å². The normalized spacial score (nSPS) is 11.1. The fraction of sp³-hybridized carbons (Fsp3) is 0.200. The van der Waals surface area contributed by atoms with Crippen LogP contribution in [0.15, 0.2) is 53.9 Å². The molecule has 0 radical (unpaired) electrons. The van der Waals surface area contributed by atoms with Crippen molar-refractivity contribution in [2.45, 2.75) is 13.2 Å². The Balaban J connectivity index is 1.50. The minimum atomic E-state index is -2.86. The summed E-state index contributed by atoms with van der Waals surface area (Å²) in [4.78, 5) is 18.4. The monoisotopic (exact) mass is 421 g/mol. The van der Waals surface area contributed by atoms with Crippen molar-refractivity contribution in [1.29, 1.82) is 0 Å². The first kappa shape index (κ1) is 20.8. The van der Waals surface area contributed by atoms with E-state index in [2.05, 4.69) is 15.0 Å². The van der Waals surface area contributed by atoms with E-state index < -0.39 is 6.61 Å². The van der Waals surface area contributed by atoms with Crippen LogP contribution in [-0.2, 0) is 11.3 Å². The lowest BCUT2D eigenvalue weighted by Gasteiger charge is -2.16. The summed E-state index contributed by atoms with van der Waals surface area (Å²) in [6.45, 7) is -2.27. The average Bonchev–Trinajstić information content (AvgIpc) is 3.11. The number of alkyl halides is 2. The Labute approximate surface area is 169 Å². The Morgan fingerprint density at radius 1 is 1.17 bits per heavy atom. The molecule has 3 aromatic rings. The number of benzene rings is 2. The molecule has 1 amide bonds. The molecule has 1 heterocycles. The van der Waals surface area contributed by atoms with Crippen molar-refractivity contribution in [2.24, 2.45) is 0 Å². The largest absolute Gasteiger partial charge is 0.435 e. The maximum atomic E-state index is 13.0. The fourth-order valence-corrected chi connectivity index (χ4v) is 3.37. The Morgan fingerprint density at radius 3 is 2.52 bits per heavy atom. The van der Waals surface area contributed by atoms with Gasteiger partial charge in [0.05, 0.1) is 12.2 Å². The molecule has 29 heavy (non-hydrogen) atoms. The van der Waals surface area contributed by atoms with E-state index in [1.165, 1.54) is 35.6 Å². The average molecular weight is 421 g/mol. The number of rotatable bonds is 8. The maximum absolute atomic E-state index is 13.0. The van der Waals surface area contributed by atoms with Crippen LogP contribution in [0.2, 0.25) is 0 Å². The third-order valence-corrected chi connectivity index (χ3v) is 4.66. The fourth-order valence-electron chi connectivity index (χ4n) is 2.63. The molecule has 0 atom stereocenters. The van der Waals surface area contributed by atoms with Crippen molar-refractivity contribution >= 4 is 22.4 Å². The number of likely N-dealkylation sites (N-methyl/N-ethyl adjacent to an activating group) is 1. The number of carbonyl (C=O) groups is 1. The van der Waals surface area contributed by atoms with Crippen LogP contribution in [-0.4, -0.2) is 36.0 Å². The lowest BCUT2D eigenvalue weighted by molar-refractivity contribution is -0.117. The van der Waals surface area contributed by atoms with E-state index in [1.807, 2.05) is 0 Å². The summed E-state index contributed by atoms with van der Waals surface area (Å²) >= 11 is 1.28. The van der Waals surface area contributed by atoms with Crippen LogP contribution in [0.25, 0.3) is 11.3 Å². The summed E-state index contributed by atoms with van der Waals surface area (Å²) in [5, 5.41) is 4.98. The van der Waals surface area contributed by atoms with Gasteiger partial charge < -0.3 is 10.1 Å². The van der Waals surface area contributed by atoms with Crippen molar-refractivity contribution in [3.05, 3.63) is 65.3 Å². The van der Waals surface area contributed by atoms with Crippen LogP contribution in [0, 0.1) is 5.82 Å². The zero-order valence-electron chi connectivity index (χ0n) is 15.4. The Hall–Kier alpha value is -2.91. The summed E-state index contributed by atoms with van der Waals surface area (Å²) in [5.74, 6) is -0.466. The van der Waals surface area contributed by atoms with Gasteiger partial charge in [0.25, 0.3) is 0 Å². The van der Waals surface area contributed by atoms with Crippen molar-refractivity contribution in [3.8, 4) is 17.0 Å². The predicted octanol–water partition coefficient (Wildman–Crippen LogP) is 4.62. The van der Waals surface area contributed by atoms with Gasteiger partial charge in [0.15, 0.2) is 5.13 Å². The number of carbonyl (C=O) groups excluding carboxylic acids is 1. The highest BCUT2D eigenvalue weighted by Crippen LogP contribution is 2.25. The molecule has 1 aromatic heterocycles. The van der Waals surface area contributed by atoms with E-state index >= 15 is 0 Å². The zero-order chi connectivity index (χ0) is 20.8. The number of hydrogen-bond donors (Lipinski definition) is 1. The van der Waals surface area contributed by atoms with Gasteiger partial charge in [-0.1, -0.05) is 12.1 Å². The Bertz CT molecular complexity index is 946. The van der Waals surface area contributed by atoms with Crippen LogP contribution in [0.4, 0.5) is 18.3 Å². The van der Waals surface area contributed by atoms with Gasteiger partial charge in [0.2, 0.25) is 5.91 Å². The minimum Gasteiger partial charge on any atom is -0.435 e. The molecule has 0 saturated heterocycles. The standard InChI is InChI=1S/C20H18F3N3O2S/c1-26(10-13-2-8-16(9-3-13)28-19(22)23)11-18(27)25-20-24-17(12-29-20)14-4-6-15(21)7-5-14/h2-9,12,19H,10-11H2,1H3,(H,24,25,27). The molecule has 0 unspecified atom stereocenters. The number of ether oxygens (including phenoxy) is 1. The van der Waals surface area contributed by atoms with Gasteiger partial charge in [-0.15, -0.1) is 11.3 Å². The molecule has 0 aliphatic rings. The number of nitrogens with zero attached hydrogens (tertiary/aromatic N) is 2. The molecule has 152 valence electrons. The smallest absolute Gasteiger partial charge is 0.387 e. The number of hydrogen-bond acceptors (Lipinski definition) is 5. The van der Waals surface area contributed by atoms with Crippen molar-refractivity contribution in [1.82, 2.24) is 9.88 Å². The lowest BCUT2D eigenvalue weighted by Crippen LogP contribution is -2.29. The molecule has 0 saturated carbocycles. The zero-order valence-corrected chi connectivity index (χ0v) is 16.3. The molecule has 0 spiro atoms. The summed E-state index contributed by atoms with van der Waals surface area (Å²) in [7, 11) is 1.77. The number of aromatic nitrogens is 1. The van der Waals surface area contributed by atoms with Crippen molar-refractivity contribution in [2.75, 3.05) is 18.9 Å². The van der Waals surface area contributed by atoms with Crippen LogP contribution in [0.3, 0.4) is 0 Å². The molecular weight excluding hydrogens is 403 g/mol. The molecule has 2 aromatic carbocycles. The van der Waals surface area contributed by atoms with Gasteiger partial charge in [0.1, 0.15) is 11.6 Å². The second-order valence-electron chi connectivity index (χ2n) is 6.29. The SMILES string of the molecule is CN(CC(=O)Nc1nc(-c2ccc(F)cc2)cs1)Cc1ccc(OC(F)F)cc1. The highest BCUT2D eigenvalue weighted by molar-refractivity contribution is 7.14. The van der Waals surface area contributed by atoms with E-state index in [4.69, 9.17) is 0 Å². The Kier molecular flexibility index (Phi) is 6.84. The molecule has 5 nitrogen and oxygen atoms in total. The van der Waals surface area contributed by atoms with Crippen LogP contribution < -0.4 is 10.1 Å². The third-order valence-electron chi connectivity index (χ3n) is 3.91. The number of halogens is 3. The molecule has 0 fully saturated rings. The first-order valence-corrected chi connectivity index (χ1v) is 9.50. The predicted molar refractivity (Wildman–Crippen MR) is 106 cm³/mol. The van der Waals surface area contributed by atoms with Gasteiger partial charge in [-0.3, -0.25) is 9.69 Å². The number of anilines is 1. The second kappa shape index (κ2) is 9.53. The quantitative estimate of drug-likeness (QED) is 0.577. The van der Waals surface area contributed by atoms with E-state index in [0.717, 1.165) is 11.1 Å². The molecule has 1 N–H and O–H groups in total.